The highest BCUT2D eigenvalue weighted by atomic mass is 16.2. The first-order valence-electron chi connectivity index (χ1n) is 8.49. The maximum absolute atomic E-state index is 12.1. The van der Waals surface area contributed by atoms with Crippen LogP contribution in [-0.4, -0.2) is 42.1 Å². The largest absolute Gasteiger partial charge is 0.351 e. The zero-order valence-electron chi connectivity index (χ0n) is 14.0. The van der Waals surface area contributed by atoms with Gasteiger partial charge in [-0.2, -0.15) is 10.4 Å². The standard InChI is InChI=1S/C18H21N5O2/c19-9-14-3-1-2-4-15(14)12-23-8-7-13(11-23)10-20-18(25)16-5-6-17(24)22-21-16/h1-4,13H,5-8,10-12H2,(H,20,25)(H,22,24)/t13-/m1/s1. The number of hydrazone groups is 1. The fourth-order valence-corrected chi connectivity index (χ4v) is 3.21. The Morgan fingerprint density at radius 3 is 3.00 bits per heavy atom. The first-order valence-corrected chi connectivity index (χ1v) is 8.49. The molecule has 2 aliphatic heterocycles. The SMILES string of the molecule is N#Cc1ccccc1CN1CC[C@H](CNC(=O)C2=NNC(=O)CC2)C1. The molecule has 1 saturated heterocycles. The molecule has 0 spiro atoms. The summed E-state index contributed by atoms with van der Waals surface area (Å²) in [6.07, 6.45) is 1.71. The summed E-state index contributed by atoms with van der Waals surface area (Å²) >= 11 is 0. The second-order valence-electron chi connectivity index (χ2n) is 6.46. The number of nitrogens with zero attached hydrogens (tertiary/aromatic N) is 3. The predicted octanol–water partition coefficient (Wildman–Crippen LogP) is 0.762. The average molecular weight is 339 g/mol. The lowest BCUT2D eigenvalue weighted by molar-refractivity contribution is -0.121. The molecule has 7 nitrogen and oxygen atoms in total. The zero-order valence-corrected chi connectivity index (χ0v) is 14.0. The Hall–Kier alpha value is -2.72. The summed E-state index contributed by atoms with van der Waals surface area (Å²) in [5.41, 5.74) is 4.49. The molecule has 2 heterocycles. The molecule has 0 bridgehead atoms. The van der Waals surface area contributed by atoms with Gasteiger partial charge in [-0.15, -0.1) is 0 Å². The minimum Gasteiger partial charge on any atom is -0.351 e. The minimum absolute atomic E-state index is 0.152. The molecular formula is C18H21N5O2. The lowest BCUT2D eigenvalue weighted by atomic mass is 10.1. The van der Waals surface area contributed by atoms with E-state index in [0.717, 1.165) is 37.2 Å². The molecule has 1 aromatic carbocycles. The van der Waals surface area contributed by atoms with Crippen molar-refractivity contribution in [3.8, 4) is 6.07 Å². The van der Waals surface area contributed by atoms with Gasteiger partial charge in [0.1, 0.15) is 5.71 Å². The van der Waals surface area contributed by atoms with E-state index < -0.39 is 0 Å². The number of hydrogen-bond donors (Lipinski definition) is 2. The Balaban J connectivity index is 1.46. The monoisotopic (exact) mass is 339 g/mol. The third kappa shape index (κ3) is 4.43. The van der Waals surface area contributed by atoms with Gasteiger partial charge < -0.3 is 5.32 Å². The summed E-state index contributed by atoms with van der Waals surface area (Å²) in [5, 5.41) is 15.9. The van der Waals surface area contributed by atoms with Gasteiger partial charge in [-0.05, 0) is 30.5 Å². The number of benzene rings is 1. The van der Waals surface area contributed by atoms with Crippen LogP contribution in [0.1, 0.15) is 30.4 Å². The van der Waals surface area contributed by atoms with Crippen LogP contribution < -0.4 is 10.7 Å². The second kappa shape index (κ2) is 7.90. The van der Waals surface area contributed by atoms with Crippen molar-refractivity contribution in [2.45, 2.75) is 25.8 Å². The second-order valence-corrected chi connectivity index (χ2v) is 6.46. The number of amides is 2. The number of nitriles is 1. The van der Waals surface area contributed by atoms with Crippen LogP contribution in [0.3, 0.4) is 0 Å². The van der Waals surface area contributed by atoms with Gasteiger partial charge >= 0.3 is 0 Å². The number of rotatable bonds is 5. The molecular weight excluding hydrogens is 318 g/mol. The van der Waals surface area contributed by atoms with Crippen molar-refractivity contribution in [1.29, 1.82) is 5.26 Å². The Labute approximate surface area is 146 Å². The van der Waals surface area contributed by atoms with Gasteiger partial charge in [-0.3, -0.25) is 14.5 Å². The van der Waals surface area contributed by atoms with Crippen LogP contribution in [-0.2, 0) is 16.1 Å². The molecule has 25 heavy (non-hydrogen) atoms. The van der Waals surface area contributed by atoms with Crippen molar-refractivity contribution in [3.05, 3.63) is 35.4 Å². The van der Waals surface area contributed by atoms with Crippen LogP contribution in [0.4, 0.5) is 0 Å². The molecule has 2 aliphatic rings. The summed E-state index contributed by atoms with van der Waals surface area (Å²) in [6.45, 7) is 3.20. The van der Waals surface area contributed by atoms with E-state index in [1.807, 2.05) is 24.3 Å². The summed E-state index contributed by atoms with van der Waals surface area (Å²) in [6, 6.07) is 9.89. The van der Waals surface area contributed by atoms with Crippen molar-refractivity contribution in [1.82, 2.24) is 15.6 Å². The summed E-state index contributed by atoms with van der Waals surface area (Å²) in [4.78, 5) is 25.4. The van der Waals surface area contributed by atoms with Crippen LogP contribution in [0, 0.1) is 17.2 Å². The molecule has 1 atom stereocenters. The molecule has 0 unspecified atom stereocenters. The number of carbonyl (C=O) groups is 2. The highest BCUT2D eigenvalue weighted by molar-refractivity contribution is 6.39. The highest BCUT2D eigenvalue weighted by Crippen LogP contribution is 2.19. The first-order chi connectivity index (χ1) is 12.2. The molecule has 130 valence electrons. The van der Waals surface area contributed by atoms with E-state index in [4.69, 9.17) is 0 Å². The average Bonchev–Trinajstić information content (AvgIpc) is 3.08. The van der Waals surface area contributed by atoms with Gasteiger partial charge in [0.2, 0.25) is 5.91 Å². The summed E-state index contributed by atoms with van der Waals surface area (Å²) in [7, 11) is 0. The lowest BCUT2D eigenvalue weighted by Gasteiger charge is -2.17. The van der Waals surface area contributed by atoms with E-state index in [-0.39, 0.29) is 11.8 Å². The van der Waals surface area contributed by atoms with Crippen molar-refractivity contribution in [2.75, 3.05) is 19.6 Å². The van der Waals surface area contributed by atoms with Crippen LogP contribution in [0.5, 0.6) is 0 Å². The molecule has 0 aliphatic carbocycles. The molecule has 0 aromatic heterocycles. The maximum Gasteiger partial charge on any atom is 0.267 e. The van der Waals surface area contributed by atoms with E-state index in [0.29, 0.717) is 31.0 Å². The Morgan fingerprint density at radius 1 is 1.40 bits per heavy atom. The van der Waals surface area contributed by atoms with E-state index >= 15 is 0 Å². The third-order valence-electron chi connectivity index (χ3n) is 4.62. The van der Waals surface area contributed by atoms with Crippen molar-refractivity contribution in [3.63, 3.8) is 0 Å². The highest BCUT2D eigenvalue weighted by Gasteiger charge is 2.25. The Kier molecular flexibility index (Phi) is 5.41. The molecule has 0 saturated carbocycles. The van der Waals surface area contributed by atoms with E-state index in [1.54, 1.807) is 0 Å². The summed E-state index contributed by atoms with van der Waals surface area (Å²) in [5.74, 6) is 0.0332. The van der Waals surface area contributed by atoms with E-state index in [2.05, 4.69) is 26.8 Å². The Morgan fingerprint density at radius 2 is 2.24 bits per heavy atom. The predicted molar refractivity (Wildman–Crippen MR) is 92.4 cm³/mol. The fourth-order valence-electron chi connectivity index (χ4n) is 3.21. The molecule has 1 aromatic rings. The van der Waals surface area contributed by atoms with Gasteiger partial charge in [-0.1, -0.05) is 18.2 Å². The van der Waals surface area contributed by atoms with Gasteiger partial charge in [-0.25, -0.2) is 5.43 Å². The quantitative estimate of drug-likeness (QED) is 0.827. The smallest absolute Gasteiger partial charge is 0.267 e. The molecule has 0 radical (unpaired) electrons. The van der Waals surface area contributed by atoms with Crippen LogP contribution in [0.2, 0.25) is 0 Å². The molecule has 7 heteroatoms. The van der Waals surface area contributed by atoms with Crippen molar-refractivity contribution < 1.29 is 9.59 Å². The van der Waals surface area contributed by atoms with Gasteiger partial charge in [0, 0.05) is 32.5 Å². The number of likely N-dealkylation sites (tertiary alicyclic amines) is 1. The Bertz CT molecular complexity index is 737. The minimum atomic E-state index is -0.201. The first kappa shape index (κ1) is 17.1. The number of carbonyl (C=O) groups excluding carboxylic acids is 2. The van der Waals surface area contributed by atoms with E-state index in [9.17, 15) is 14.9 Å². The summed E-state index contributed by atoms with van der Waals surface area (Å²) < 4.78 is 0. The van der Waals surface area contributed by atoms with Crippen LogP contribution in [0.15, 0.2) is 29.4 Å². The van der Waals surface area contributed by atoms with Crippen molar-refractivity contribution >= 4 is 17.5 Å². The maximum atomic E-state index is 12.1. The van der Waals surface area contributed by atoms with Crippen LogP contribution in [0.25, 0.3) is 0 Å². The topological polar surface area (TPSA) is 97.6 Å². The zero-order chi connectivity index (χ0) is 17.6. The van der Waals surface area contributed by atoms with Gasteiger partial charge in [0.15, 0.2) is 0 Å². The molecule has 1 fully saturated rings. The fraction of sp³-hybridized carbons (Fsp3) is 0.444. The van der Waals surface area contributed by atoms with E-state index in [1.165, 1.54) is 0 Å². The number of nitrogens with one attached hydrogen (secondary N) is 2. The van der Waals surface area contributed by atoms with Crippen LogP contribution >= 0.6 is 0 Å². The molecule has 2 amide bonds. The van der Waals surface area contributed by atoms with Gasteiger partial charge in [0.25, 0.3) is 5.91 Å². The molecule has 3 rings (SSSR count). The number of hydrogen-bond acceptors (Lipinski definition) is 5. The van der Waals surface area contributed by atoms with Crippen molar-refractivity contribution in [2.24, 2.45) is 11.0 Å². The lowest BCUT2D eigenvalue weighted by Crippen LogP contribution is -2.39. The normalized spacial score (nSPS) is 20.5. The molecule has 2 N–H and O–H groups in total. The third-order valence-corrected chi connectivity index (χ3v) is 4.62. The van der Waals surface area contributed by atoms with Gasteiger partial charge in [0.05, 0.1) is 11.6 Å².